The summed E-state index contributed by atoms with van der Waals surface area (Å²) in [7, 11) is 1.52. The zero-order valence-corrected chi connectivity index (χ0v) is 24.3. The second-order valence-corrected chi connectivity index (χ2v) is 10.7. The fraction of sp³-hybridized carbons (Fsp3) is 0.429. The summed E-state index contributed by atoms with van der Waals surface area (Å²) in [6, 6.07) is 7.91. The third kappa shape index (κ3) is 8.21. The van der Waals surface area contributed by atoms with Crippen LogP contribution in [0.25, 0.3) is 0 Å². The molecule has 0 spiro atoms. The normalized spacial score (nSPS) is 17.8. The highest BCUT2D eigenvalue weighted by Gasteiger charge is 2.32. The Bertz CT molecular complexity index is 1450. The molecular formula is C28H33F3N8O5. The van der Waals surface area contributed by atoms with Crippen molar-refractivity contribution in [2.45, 2.75) is 45.1 Å². The number of aliphatic hydroxyl groups excluding tert-OH is 1. The lowest BCUT2D eigenvalue weighted by atomic mass is 10.0. The fourth-order valence-electron chi connectivity index (χ4n) is 4.64. The molecule has 0 saturated heterocycles. The number of carbonyl (C=O) groups is 3. The van der Waals surface area contributed by atoms with Crippen molar-refractivity contribution in [1.82, 2.24) is 30.0 Å². The molecule has 4 amide bonds. The SMILES string of the molecule is C[C@H]1CN([C@@H](C)CO)C(=O)Cc2cc(NC(=O)Cn3cnnn3)ccc2O[C@H]1CN(C)C(=O)Nc1ccc(C(F)(F)F)cc1. The van der Waals surface area contributed by atoms with Gasteiger partial charge in [0.1, 0.15) is 24.7 Å². The van der Waals surface area contributed by atoms with E-state index in [1.165, 1.54) is 35.1 Å². The lowest BCUT2D eigenvalue weighted by Crippen LogP contribution is -2.48. The lowest BCUT2D eigenvalue weighted by Gasteiger charge is -2.34. The second kappa shape index (κ2) is 13.7. The van der Waals surface area contributed by atoms with Crippen LogP contribution in [0.2, 0.25) is 0 Å². The molecule has 16 heteroatoms. The van der Waals surface area contributed by atoms with E-state index in [1.54, 1.807) is 30.0 Å². The van der Waals surface area contributed by atoms with E-state index < -0.39 is 35.8 Å². The Labute approximate surface area is 251 Å². The summed E-state index contributed by atoms with van der Waals surface area (Å²) in [5.74, 6) is -0.579. The van der Waals surface area contributed by atoms with E-state index in [2.05, 4.69) is 26.2 Å². The van der Waals surface area contributed by atoms with E-state index in [1.807, 2.05) is 6.92 Å². The van der Waals surface area contributed by atoms with Crippen LogP contribution in [0.3, 0.4) is 0 Å². The minimum atomic E-state index is -4.50. The number of fused-ring (bicyclic) bond motifs is 1. The van der Waals surface area contributed by atoms with Gasteiger partial charge in [-0.05, 0) is 59.8 Å². The van der Waals surface area contributed by atoms with Crippen LogP contribution < -0.4 is 15.4 Å². The third-order valence-corrected chi connectivity index (χ3v) is 7.16. The molecule has 13 nitrogen and oxygen atoms in total. The molecule has 0 fully saturated rings. The molecule has 236 valence electrons. The molecule has 1 aliphatic heterocycles. The predicted molar refractivity (Wildman–Crippen MR) is 152 cm³/mol. The van der Waals surface area contributed by atoms with Gasteiger partial charge in [-0.1, -0.05) is 6.92 Å². The van der Waals surface area contributed by atoms with Gasteiger partial charge in [-0.2, -0.15) is 13.2 Å². The minimum absolute atomic E-state index is 0.0625. The van der Waals surface area contributed by atoms with E-state index in [0.717, 1.165) is 12.1 Å². The van der Waals surface area contributed by atoms with E-state index >= 15 is 0 Å². The molecule has 2 aromatic carbocycles. The van der Waals surface area contributed by atoms with Gasteiger partial charge in [-0.3, -0.25) is 9.59 Å². The molecule has 2 heterocycles. The Morgan fingerprint density at radius 2 is 1.86 bits per heavy atom. The summed E-state index contributed by atoms with van der Waals surface area (Å²) < 4.78 is 46.3. The maximum absolute atomic E-state index is 13.4. The van der Waals surface area contributed by atoms with Gasteiger partial charge in [-0.15, -0.1) is 5.10 Å². The van der Waals surface area contributed by atoms with Crippen molar-refractivity contribution in [3.05, 3.63) is 59.9 Å². The number of likely N-dealkylation sites (N-methyl/N-ethyl adjacent to an activating group) is 1. The molecule has 0 saturated carbocycles. The molecule has 4 rings (SSSR count). The van der Waals surface area contributed by atoms with Crippen molar-refractivity contribution in [3.8, 4) is 5.75 Å². The number of benzene rings is 2. The van der Waals surface area contributed by atoms with Gasteiger partial charge in [-0.25, -0.2) is 9.48 Å². The number of aromatic nitrogens is 4. The minimum Gasteiger partial charge on any atom is -0.488 e. The maximum Gasteiger partial charge on any atom is 0.416 e. The fourth-order valence-corrected chi connectivity index (χ4v) is 4.64. The number of halogens is 3. The van der Waals surface area contributed by atoms with E-state index in [0.29, 0.717) is 17.0 Å². The number of amides is 4. The average molecular weight is 619 g/mol. The van der Waals surface area contributed by atoms with Crippen molar-refractivity contribution in [2.24, 2.45) is 5.92 Å². The first-order chi connectivity index (χ1) is 20.8. The zero-order valence-electron chi connectivity index (χ0n) is 24.3. The smallest absolute Gasteiger partial charge is 0.416 e. The van der Waals surface area contributed by atoms with Gasteiger partial charge < -0.3 is 30.3 Å². The van der Waals surface area contributed by atoms with Crippen LogP contribution in [0, 0.1) is 5.92 Å². The first kappa shape index (κ1) is 32.2. The maximum atomic E-state index is 13.4. The Morgan fingerprint density at radius 3 is 2.50 bits per heavy atom. The van der Waals surface area contributed by atoms with E-state index in [-0.39, 0.29) is 50.2 Å². The van der Waals surface area contributed by atoms with Crippen molar-refractivity contribution in [2.75, 3.05) is 37.4 Å². The number of nitrogens with one attached hydrogen (secondary N) is 2. The number of hydrogen-bond acceptors (Lipinski definition) is 8. The quantitative estimate of drug-likeness (QED) is 0.348. The summed E-state index contributed by atoms with van der Waals surface area (Å²) in [6.07, 6.45) is -3.89. The van der Waals surface area contributed by atoms with Crippen LogP contribution in [-0.4, -0.2) is 91.8 Å². The van der Waals surface area contributed by atoms with Crippen LogP contribution in [0.4, 0.5) is 29.3 Å². The molecule has 0 bridgehead atoms. The van der Waals surface area contributed by atoms with Crippen molar-refractivity contribution < 1.29 is 37.4 Å². The number of urea groups is 1. The zero-order chi connectivity index (χ0) is 32.0. The number of nitrogens with zero attached hydrogens (tertiary/aromatic N) is 6. The number of hydrogen-bond donors (Lipinski definition) is 3. The second-order valence-electron chi connectivity index (χ2n) is 10.7. The highest BCUT2D eigenvalue weighted by atomic mass is 19.4. The predicted octanol–water partition coefficient (Wildman–Crippen LogP) is 2.64. The summed E-state index contributed by atoms with van der Waals surface area (Å²) in [5.41, 5.74) is 0.256. The standard InChI is InChI=1S/C28H33F3N8O5/c1-17-12-39(18(2)15-40)26(42)11-19-10-22(33-25(41)14-38-16-32-35-36-38)8-9-23(19)44-24(17)13-37(3)27(43)34-21-6-4-20(5-7-21)28(29,30)31/h4-10,16-18,24,40H,11-15H2,1-3H3,(H,33,41)(H,34,43)/t17-,18-,24-/m0/s1. The topological polar surface area (TPSA) is 155 Å². The molecule has 3 aromatic rings. The summed E-state index contributed by atoms with van der Waals surface area (Å²) in [6.45, 7) is 3.48. The molecule has 1 aliphatic rings. The van der Waals surface area contributed by atoms with Crippen molar-refractivity contribution in [1.29, 1.82) is 0 Å². The average Bonchev–Trinajstić information content (AvgIpc) is 3.49. The van der Waals surface area contributed by atoms with Crippen molar-refractivity contribution in [3.63, 3.8) is 0 Å². The van der Waals surface area contributed by atoms with Crippen LogP contribution in [0.5, 0.6) is 5.75 Å². The number of rotatable bonds is 8. The first-order valence-electron chi connectivity index (χ1n) is 13.7. The Kier molecular flexibility index (Phi) is 10.0. The number of aliphatic hydroxyl groups is 1. The van der Waals surface area contributed by atoms with Crippen LogP contribution in [0.15, 0.2) is 48.8 Å². The number of carbonyl (C=O) groups excluding carboxylic acids is 3. The summed E-state index contributed by atoms with van der Waals surface area (Å²) in [4.78, 5) is 41.7. The number of alkyl halides is 3. The van der Waals surface area contributed by atoms with Gasteiger partial charge in [0.25, 0.3) is 0 Å². The van der Waals surface area contributed by atoms with Gasteiger partial charge in [0, 0.05) is 36.4 Å². The molecule has 0 radical (unpaired) electrons. The van der Waals surface area contributed by atoms with Crippen molar-refractivity contribution >= 4 is 29.2 Å². The third-order valence-electron chi connectivity index (χ3n) is 7.16. The lowest BCUT2D eigenvalue weighted by molar-refractivity contribution is -0.137. The number of anilines is 2. The van der Waals surface area contributed by atoms with Gasteiger partial charge in [0.05, 0.1) is 31.2 Å². The van der Waals surface area contributed by atoms with E-state index in [9.17, 15) is 32.7 Å². The van der Waals surface area contributed by atoms with Crippen LogP contribution >= 0.6 is 0 Å². The van der Waals surface area contributed by atoms with Crippen LogP contribution in [-0.2, 0) is 28.7 Å². The van der Waals surface area contributed by atoms with Gasteiger partial charge in [0.15, 0.2) is 0 Å². The molecule has 0 aliphatic carbocycles. The van der Waals surface area contributed by atoms with Crippen LogP contribution in [0.1, 0.15) is 25.0 Å². The monoisotopic (exact) mass is 618 g/mol. The first-order valence-corrected chi connectivity index (χ1v) is 13.7. The van der Waals surface area contributed by atoms with Gasteiger partial charge in [0.2, 0.25) is 11.8 Å². The van der Waals surface area contributed by atoms with E-state index in [4.69, 9.17) is 4.74 Å². The highest BCUT2D eigenvalue weighted by molar-refractivity contribution is 5.91. The van der Waals surface area contributed by atoms with Gasteiger partial charge >= 0.3 is 12.2 Å². The largest absolute Gasteiger partial charge is 0.488 e. The molecule has 44 heavy (non-hydrogen) atoms. The Morgan fingerprint density at radius 1 is 1.16 bits per heavy atom. The molecule has 0 unspecified atom stereocenters. The Hall–Kier alpha value is -4.73. The molecule has 3 N–H and O–H groups in total. The molecular weight excluding hydrogens is 585 g/mol. The molecule has 1 aromatic heterocycles. The Balaban J connectivity index is 1.53. The number of tetrazole rings is 1. The molecule has 3 atom stereocenters. The highest BCUT2D eigenvalue weighted by Crippen LogP contribution is 2.31. The summed E-state index contributed by atoms with van der Waals surface area (Å²) >= 11 is 0. The summed E-state index contributed by atoms with van der Waals surface area (Å²) in [5, 5.41) is 25.8. The number of ether oxygens (including phenoxy) is 1.